The van der Waals surface area contributed by atoms with E-state index in [0.717, 1.165) is 49.4 Å². The monoisotopic (exact) mass is 415 g/mol. The van der Waals surface area contributed by atoms with Gasteiger partial charge in [-0.05, 0) is 18.2 Å². The fourth-order valence-electron chi connectivity index (χ4n) is 4.21. The quantitative estimate of drug-likeness (QED) is 0.274. The van der Waals surface area contributed by atoms with E-state index in [2.05, 4.69) is 51.4 Å². The summed E-state index contributed by atoms with van der Waals surface area (Å²) in [5.74, 6) is 0. The van der Waals surface area contributed by atoms with E-state index in [4.69, 9.17) is 9.98 Å². The maximum Gasteiger partial charge on any atom is 0.167 e. The number of aromatic amines is 3. The van der Waals surface area contributed by atoms with E-state index < -0.39 is 0 Å². The van der Waals surface area contributed by atoms with Crippen molar-refractivity contribution in [2.45, 2.75) is 6.17 Å². The van der Waals surface area contributed by atoms with Gasteiger partial charge in [0.05, 0.1) is 0 Å². The van der Waals surface area contributed by atoms with Crippen LogP contribution in [0.1, 0.15) is 22.9 Å². The SMILES string of the molecule is C(=N\C(/N=C/c1c[nH]c2ccccc12)c1c[nH]c2ccccc12)/c1c[nH]c2ccccc12. The average Bonchev–Trinajstić information content (AvgIpc) is 3.56. The zero-order valence-corrected chi connectivity index (χ0v) is 17.3. The highest BCUT2D eigenvalue weighted by Crippen LogP contribution is 2.28. The van der Waals surface area contributed by atoms with E-state index in [1.807, 2.05) is 67.4 Å². The minimum absolute atomic E-state index is 0.367. The number of hydrogen-bond donors (Lipinski definition) is 3. The minimum atomic E-state index is -0.367. The van der Waals surface area contributed by atoms with Crippen LogP contribution in [0.3, 0.4) is 0 Å². The number of hydrogen-bond acceptors (Lipinski definition) is 2. The van der Waals surface area contributed by atoms with Crippen molar-refractivity contribution < 1.29 is 0 Å². The number of para-hydroxylation sites is 3. The third kappa shape index (κ3) is 3.20. The van der Waals surface area contributed by atoms with Crippen LogP contribution in [0, 0.1) is 0 Å². The summed E-state index contributed by atoms with van der Waals surface area (Å²) in [6, 6.07) is 24.7. The van der Waals surface area contributed by atoms with Gasteiger partial charge in [0.15, 0.2) is 6.17 Å². The van der Waals surface area contributed by atoms with Crippen molar-refractivity contribution >= 4 is 45.1 Å². The molecule has 6 aromatic rings. The molecule has 32 heavy (non-hydrogen) atoms. The number of nitrogens with zero attached hydrogens (tertiary/aromatic N) is 2. The molecule has 0 unspecified atom stereocenters. The number of nitrogens with one attached hydrogen (secondary N) is 3. The molecule has 0 bridgehead atoms. The van der Waals surface area contributed by atoms with Gasteiger partial charge in [0.1, 0.15) is 0 Å². The van der Waals surface area contributed by atoms with Crippen molar-refractivity contribution in [3.05, 3.63) is 108 Å². The van der Waals surface area contributed by atoms with Crippen LogP contribution in [0.15, 0.2) is 101 Å². The Morgan fingerprint density at radius 2 is 0.969 bits per heavy atom. The molecule has 0 amide bonds. The molecule has 154 valence electrons. The first-order valence-electron chi connectivity index (χ1n) is 10.6. The molecule has 0 radical (unpaired) electrons. The van der Waals surface area contributed by atoms with Crippen molar-refractivity contribution in [1.29, 1.82) is 0 Å². The summed E-state index contributed by atoms with van der Waals surface area (Å²) in [4.78, 5) is 19.8. The molecule has 0 atom stereocenters. The van der Waals surface area contributed by atoms with Crippen LogP contribution >= 0.6 is 0 Å². The van der Waals surface area contributed by atoms with Gasteiger partial charge in [-0.25, -0.2) is 0 Å². The number of benzene rings is 3. The third-order valence-electron chi connectivity index (χ3n) is 5.85. The Morgan fingerprint density at radius 3 is 1.53 bits per heavy atom. The van der Waals surface area contributed by atoms with Crippen molar-refractivity contribution in [2.75, 3.05) is 0 Å². The Bertz CT molecular complexity index is 1510. The van der Waals surface area contributed by atoms with Crippen LogP contribution in [0.4, 0.5) is 0 Å². The maximum absolute atomic E-state index is 4.92. The number of aliphatic imine (C=N–C) groups is 2. The minimum Gasteiger partial charge on any atom is -0.361 e. The fraction of sp³-hybridized carbons (Fsp3) is 0.0370. The van der Waals surface area contributed by atoms with E-state index in [-0.39, 0.29) is 6.17 Å². The van der Waals surface area contributed by atoms with Crippen LogP contribution in [-0.2, 0) is 0 Å². The van der Waals surface area contributed by atoms with Crippen LogP contribution in [0.5, 0.6) is 0 Å². The standard InChI is InChI=1S/C27H21N5/c1-4-10-24-20(7-1)18(13-28-24)15-31-27(23-17-30-26-12-6-3-9-22(23)26)32-16-19-14-29-25-11-5-2-8-21(19)25/h1-17,27-30H/b31-15+,32-16+. The lowest BCUT2D eigenvalue weighted by atomic mass is 10.1. The highest BCUT2D eigenvalue weighted by atomic mass is 15.0. The van der Waals surface area contributed by atoms with E-state index >= 15 is 0 Å². The Hall–Kier alpha value is -4.38. The van der Waals surface area contributed by atoms with Gasteiger partial charge in [-0.3, -0.25) is 9.98 Å². The summed E-state index contributed by atoms with van der Waals surface area (Å²) < 4.78 is 0. The average molecular weight is 416 g/mol. The first-order chi connectivity index (χ1) is 15.9. The Kier molecular flexibility index (Phi) is 4.43. The summed E-state index contributed by atoms with van der Waals surface area (Å²) >= 11 is 0. The van der Waals surface area contributed by atoms with Crippen LogP contribution in [0.25, 0.3) is 32.7 Å². The van der Waals surface area contributed by atoms with Gasteiger partial charge in [0, 0.05) is 80.4 Å². The molecule has 3 aromatic heterocycles. The summed E-state index contributed by atoms with van der Waals surface area (Å²) in [5.41, 5.74) is 6.42. The van der Waals surface area contributed by atoms with Crippen molar-refractivity contribution in [2.24, 2.45) is 9.98 Å². The molecule has 0 spiro atoms. The number of fused-ring (bicyclic) bond motifs is 3. The van der Waals surface area contributed by atoms with Crippen LogP contribution in [-0.4, -0.2) is 27.4 Å². The summed E-state index contributed by atoms with van der Waals surface area (Å²) in [5, 5.41) is 3.42. The maximum atomic E-state index is 4.92. The molecule has 0 fully saturated rings. The lowest BCUT2D eigenvalue weighted by molar-refractivity contribution is 0.795. The second-order valence-corrected chi connectivity index (χ2v) is 7.80. The highest BCUT2D eigenvalue weighted by Gasteiger charge is 2.13. The van der Waals surface area contributed by atoms with Gasteiger partial charge in [0.25, 0.3) is 0 Å². The van der Waals surface area contributed by atoms with E-state index in [0.29, 0.717) is 0 Å². The van der Waals surface area contributed by atoms with Gasteiger partial charge >= 0.3 is 0 Å². The molecule has 6 rings (SSSR count). The molecule has 0 aliphatic carbocycles. The number of H-pyrrole nitrogens is 3. The van der Waals surface area contributed by atoms with E-state index in [1.165, 1.54) is 0 Å². The molecular formula is C27H21N5. The predicted octanol–water partition coefficient (Wildman–Crippen LogP) is 6.37. The van der Waals surface area contributed by atoms with Crippen molar-refractivity contribution in [3.8, 4) is 0 Å². The molecule has 0 aliphatic heterocycles. The molecule has 5 heteroatoms. The topological polar surface area (TPSA) is 72.1 Å². The molecule has 3 N–H and O–H groups in total. The first-order valence-corrected chi connectivity index (χ1v) is 10.6. The van der Waals surface area contributed by atoms with Gasteiger partial charge in [-0.15, -0.1) is 0 Å². The van der Waals surface area contributed by atoms with Crippen LogP contribution in [0.2, 0.25) is 0 Å². The normalized spacial score (nSPS) is 12.4. The second kappa shape index (κ2) is 7.71. The highest BCUT2D eigenvalue weighted by molar-refractivity contribution is 6.00. The molecule has 3 heterocycles. The van der Waals surface area contributed by atoms with Gasteiger partial charge in [-0.1, -0.05) is 54.6 Å². The van der Waals surface area contributed by atoms with Crippen LogP contribution < -0.4 is 0 Å². The lowest BCUT2D eigenvalue weighted by Crippen LogP contribution is -1.94. The Labute approximate surface area is 184 Å². The van der Waals surface area contributed by atoms with Gasteiger partial charge in [-0.2, -0.15) is 0 Å². The lowest BCUT2D eigenvalue weighted by Gasteiger charge is -2.07. The molecule has 0 saturated carbocycles. The fourth-order valence-corrected chi connectivity index (χ4v) is 4.21. The molecular weight excluding hydrogens is 394 g/mol. The van der Waals surface area contributed by atoms with Gasteiger partial charge < -0.3 is 15.0 Å². The number of rotatable bonds is 5. The summed E-state index contributed by atoms with van der Waals surface area (Å²) in [6.07, 6.45) is 9.45. The molecule has 5 nitrogen and oxygen atoms in total. The largest absolute Gasteiger partial charge is 0.361 e. The summed E-state index contributed by atoms with van der Waals surface area (Å²) in [6.45, 7) is 0. The zero-order chi connectivity index (χ0) is 21.3. The molecule has 3 aromatic carbocycles. The number of aromatic nitrogens is 3. The van der Waals surface area contributed by atoms with E-state index in [1.54, 1.807) is 0 Å². The van der Waals surface area contributed by atoms with Crippen molar-refractivity contribution in [3.63, 3.8) is 0 Å². The predicted molar refractivity (Wildman–Crippen MR) is 133 cm³/mol. The Morgan fingerprint density at radius 1 is 0.531 bits per heavy atom. The summed E-state index contributed by atoms with van der Waals surface area (Å²) in [7, 11) is 0. The molecule has 0 saturated heterocycles. The second-order valence-electron chi connectivity index (χ2n) is 7.80. The van der Waals surface area contributed by atoms with E-state index in [9.17, 15) is 0 Å². The van der Waals surface area contributed by atoms with Crippen molar-refractivity contribution in [1.82, 2.24) is 15.0 Å². The van der Waals surface area contributed by atoms with Gasteiger partial charge in [0.2, 0.25) is 0 Å². The molecule has 0 aliphatic rings. The first kappa shape index (κ1) is 18.4. The smallest absolute Gasteiger partial charge is 0.167 e. The zero-order valence-electron chi connectivity index (χ0n) is 17.3. The third-order valence-corrected chi connectivity index (χ3v) is 5.85. The Balaban J connectivity index is 1.43.